The molecule has 0 fully saturated rings. The van der Waals surface area contributed by atoms with Crippen LogP contribution in [0, 0.1) is 13.8 Å². The standard InChI is InChI=1S/C21H21N3O2/c1-14-7-15(2)9-18(8-14)24-21(25)16-10-19(13-22-12-16)23-17-5-4-6-20(11-17)26-3/h4-13,23H,1-3H3,(H,24,25). The number of amides is 1. The van der Waals surface area contributed by atoms with Gasteiger partial charge in [0.1, 0.15) is 5.75 Å². The van der Waals surface area contributed by atoms with Crippen LogP contribution in [0.3, 0.4) is 0 Å². The van der Waals surface area contributed by atoms with Gasteiger partial charge >= 0.3 is 0 Å². The molecule has 0 aliphatic heterocycles. The third kappa shape index (κ3) is 4.39. The summed E-state index contributed by atoms with van der Waals surface area (Å²) in [6.07, 6.45) is 3.22. The Balaban J connectivity index is 1.76. The summed E-state index contributed by atoms with van der Waals surface area (Å²) >= 11 is 0. The zero-order valence-electron chi connectivity index (χ0n) is 15.0. The minimum Gasteiger partial charge on any atom is -0.497 e. The van der Waals surface area contributed by atoms with Crippen molar-refractivity contribution in [1.82, 2.24) is 4.98 Å². The summed E-state index contributed by atoms with van der Waals surface area (Å²) in [5, 5.41) is 6.16. The van der Waals surface area contributed by atoms with E-state index in [1.165, 1.54) is 0 Å². The Morgan fingerprint density at radius 1 is 0.923 bits per heavy atom. The first-order valence-corrected chi connectivity index (χ1v) is 8.29. The zero-order valence-corrected chi connectivity index (χ0v) is 15.0. The smallest absolute Gasteiger partial charge is 0.257 e. The summed E-state index contributed by atoms with van der Waals surface area (Å²) < 4.78 is 5.22. The van der Waals surface area contributed by atoms with E-state index in [4.69, 9.17) is 4.74 Å². The van der Waals surface area contributed by atoms with Crippen LogP contribution in [0.2, 0.25) is 0 Å². The maximum absolute atomic E-state index is 12.5. The molecular formula is C21H21N3O2. The summed E-state index contributed by atoms with van der Waals surface area (Å²) in [7, 11) is 1.62. The second-order valence-corrected chi connectivity index (χ2v) is 6.15. The molecule has 5 nitrogen and oxygen atoms in total. The van der Waals surface area contributed by atoms with Gasteiger partial charge in [-0.05, 0) is 55.3 Å². The fourth-order valence-electron chi connectivity index (χ4n) is 2.75. The van der Waals surface area contributed by atoms with Gasteiger partial charge in [0.15, 0.2) is 0 Å². The first-order chi connectivity index (χ1) is 12.5. The summed E-state index contributed by atoms with van der Waals surface area (Å²) in [6.45, 7) is 4.01. The van der Waals surface area contributed by atoms with E-state index in [9.17, 15) is 4.79 Å². The Hall–Kier alpha value is -3.34. The van der Waals surface area contributed by atoms with Gasteiger partial charge in [-0.2, -0.15) is 0 Å². The van der Waals surface area contributed by atoms with Crippen LogP contribution in [-0.2, 0) is 0 Å². The third-order valence-corrected chi connectivity index (χ3v) is 3.84. The van der Waals surface area contributed by atoms with E-state index in [-0.39, 0.29) is 5.91 Å². The fraction of sp³-hybridized carbons (Fsp3) is 0.143. The molecule has 3 rings (SSSR count). The summed E-state index contributed by atoms with van der Waals surface area (Å²) in [6, 6.07) is 15.3. The molecule has 132 valence electrons. The highest BCUT2D eigenvalue weighted by Crippen LogP contribution is 2.22. The maximum Gasteiger partial charge on any atom is 0.257 e. The lowest BCUT2D eigenvalue weighted by molar-refractivity contribution is 0.102. The lowest BCUT2D eigenvalue weighted by atomic mass is 10.1. The van der Waals surface area contributed by atoms with Crippen molar-refractivity contribution in [1.29, 1.82) is 0 Å². The number of nitrogens with zero attached hydrogens (tertiary/aromatic N) is 1. The summed E-state index contributed by atoms with van der Waals surface area (Å²) in [5.41, 5.74) is 5.05. The summed E-state index contributed by atoms with van der Waals surface area (Å²) in [4.78, 5) is 16.7. The van der Waals surface area contributed by atoms with E-state index in [0.29, 0.717) is 5.56 Å². The van der Waals surface area contributed by atoms with Crippen molar-refractivity contribution in [2.45, 2.75) is 13.8 Å². The van der Waals surface area contributed by atoms with Crippen molar-refractivity contribution in [3.63, 3.8) is 0 Å². The molecular weight excluding hydrogens is 326 g/mol. The predicted molar refractivity (Wildman–Crippen MR) is 104 cm³/mol. The van der Waals surface area contributed by atoms with Crippen molar-refractivity contribution in [2.75, 3.05) is 17.7 Å². The Kier molecular flexibility index (Phi) is 5.17. The quantitative estimate of drug-likeness (QED) is 0.702. The molecule has 0 aliphatic carbocycles. The second kappa shape index (κ2) is 7.70. The highest BCUT2D eigenvalue weighted by atomic mass is 16.5. The molecule has 2 N–H and O–H groups in total. The van der Waals surface area contributed by atoms with Crippen molar-refractivity contribution in [3.05, 3.63) is 77.6 Å². The Morgan fingerprint density at radius 2 is 1.69 bits per heavy atom. The normalized spacial score (nSPS) is 10.3. The van der Waals surface area contributed by atoms with Gasteiger partial charge in [-0.15, -0.1) is 0 Å². The van der Waals surface area contributed by atoms with Crippen molar-refractivity contribution >= 4 is 23.0 Å². The number of anilines is 3. The van der Waals surface area contributed by atoms with Crippen molar-refractivity contribution < 1.29 is 9.53 Å². The molecule has 0 unspecified atom stereocenters. The average Bonchev–Trinajstić information content (AvgIpc) is 2.61. The van der Waals surface area contributed by atoms with Crippen LogP contribution in [0.15, 0.2) is 60.9 Å². The third-order valence-electron chi connectivity index (χ3n) is 3.84. The molecule has 0 radical (unpaired) electrons. The lowest BCUT2D eigenvalue weighted by Crippen LogP contribution is -2.12. The Labute approximate surface area is 153 Å². The van der Waals surface area contributed by atoms with Gasteiger partial charge in [0.05, 0.1) is 24.6 Å². The van der Waals surface area contributed by atoms with Gasteiger partial charge in [-0.3, -0.25) is 9.78 Å². The van der Waals surface area contributed by atoms with Crippen LogP contribution in [0.1, 0.15) is 21.5 Å². The van der Waals surface area contributed by atoms with Crippen LogP contribution in [0.5, 0.6) is 5.75 Å². The zero-order chi connectivity index (χ0) is 18.5. The van der Waals surface area contributed by atoms with Gasteiger partial charge in [0.25, 0.3) is 5.91 Å². The topological polar surface area (TPSA) is 63.2 Å². The molecule has 1 heterocycles. The van der Waals surface area contributed by atoms with Crippen molar-refractivity contribution in [2.24, 2.45) is 0 Å². The van der Waals surface area contributed by atoms with E-state index >= 15 is 0 Å². The minimum atomic E-state index is -0.197. The first-order valence-electron chi connectivity index (χ1n) is 8.29. The molecule has 0 bridgehead atoms. The number of pyridine rings is 1. The number of rotatable bonds is 5. The summed E-state index contributed by atoms with van der Waals surface area (Å²) in [5.74, 6) is 0.559. The fourth-order valence-corrected chi connectivity index (χ4v) is 2.75. The molecule has 0 spiro atoms. The molecule has 1 aromatic heterocycles. The van der Waals surface area contributed by atoms with Crippen LogP contribution < -0.4 is 15.4 Å². The molecule has 26 heavy (non-hydrogen) atoms. The predicted octanol–water partition coefficient (Wildman–Crippen LogP) is 4.70. The van der Waals surface area contributed by atoms with E-state index < -0.39 is 0 Å². The molecule has 2 aromatic carbocycles. The van der Waals surface area contributed by atoms with Gasteiger partial charge in [-0.1, -0.05) is 12.1 Å². The highest BCUT2D eigenvalue weighted by Gasteiger charge is 2.09. The Morgan fingerprint density at radius 3 is 2.42 bits per heavy atom. The van der Waals surface area contributed by atoms with E-state index in [1.54, 1.807) is 25.6 Å². The van der Waals surface area contributed by atoms with Crippen LogP contribution >= 0.6 is 0 Å². The number of methoxy groups -OCH3 is 1. The highest BCUT2D eigenvalue weighted by molar-refractivity contribution is 6.04. The number of hydrogen-bond donors (Lipinski definition) is 2. The van der Waals surface area contributed by atoms with Gasteiger partial charge < -0.3 is 15.4 Å². The first kappa shape index (κ1) is 17.5. The number of aryl methyl sites for hydroxylation is 2. The molecule has 0 atom stereocenters. The van der Waals surface area contributed by atoms with E-state index in [2.05, 4.69) is 21.7 Å². The number of hydrogen-bond acceptors (Lipinski definition) is 4. The van der Waals surface area contributed by atoms with Crippen molar-refractivity contribution in [3.8, 4) is 5.75 Å². The van der Waals surface area contributed by atoms with Crippen LogP contribution in [-0.4, -0.2) is 18.0 Å². The maximum atomic E-state index is 12.5. The van der Waals surface area contributed by atoms with Gasteiger partial charge in [0, 0.05) is 23.6 Å². The average molecular weight is 347 g/mol. The molecule has 0 saturated heterocycles. The van der Waals surface area contributed by atoms with Gasteiger partial charge in [0.2, 0.25) is 0 Å². The molecule has 0 aliphatic rings. The SMILES string of the molecule is COc1cccc(Nc2cncc(C(=O)Nc3cc(C)cc(C)c3)c2)c1. The molecule has 3 aromatic rings. The number of nitrogens with one attached hydrogen (secondary N) is 2. The molecule has 0 saturated carbocycles. The molecule has 5 heteroatoms. The van der Waals surface area contributed by atoms with Crippen LogP contribution in [0.25, 0.3) is 0 Å². The largest absolute Gasteiger partial charge is 0.497 e. The lowest BCUT2D eigenvalue weighted by Gasteiger charge is -2.10. The second-order valence-electron chi connectivity index (χ2n) is 6.15. The van der Waals surface area contributed by atoms with E-state index in [1.807, 2.05) is 50.2 Å². The van der Waals surface area contributed by atoms with Gasteiger partial charge in [-0.25, -0.2) is 0 Å². The Bertz CT molecular complexity index is 918. The molecule has 1 amide bonds. The number of ether oxygens (including phenoxy) is 1. The number of aromatic nitrogens is 1. The number of carbonyl (C=O) groups excluding carboxylic acids is 1. The van der Waals surface area contributed by atoms with E-state index in [0.717, 1.165) is 33.9 Å². The van der Waals surface area contributed by atoms with Crippen LogP contribution in [0.4, 0.5) is 17.1 Å². The minimum absolute atomic E-state index is 0.197. The number of benzene rings is 2. The number of carbonyl (C=O) groups is 1. The monoisotopic (exact) mass is 347 g/mol.